The Morgan fingerprint density at radius 2 is 1.55 bits per heavy atom. The number of fused-ring (bicyclic) bond motifs is 2. The highest BCUT2D eigenvalue weighted by Crippen LogP contribution is 2.61. The summed E-state index contributed by atoms with van der Waals surface area (Å²) in [5, 5.41) is 0. The number of rotatable bonds is 6. The Morgan fingerprint density at radius 3 is 2.16 bits per heavy atom. The van der Waals surface area contributed by atoms with Crippen molar-refractivity contribution in [2.45, 2.75) is 70.1 Å². The molecule has 1 saturated carbocycles. The van der Waals surface area contributed by atoms with Crippen LogP contribution in [0.15, 0.2) is 91.0 Å². The number of methoxy groups -OCH3 is 1. The third-order valence-electron chi connectivity index (χ3n) is 8.39. The van der Waals surface area contributed by atoms with Crippen molar-refractivity contribution in [3.63, 3.8) is 0 Å². The molecule has 38 heavy (non-hydrogen) atoms. The first kappa shape index (κ1) is 26.7. The van der Waals surface area contributed by atoms with Crippen LogP contribution < -0.4 is 4.43 Å². The average Bonchev–Trinajstić information content (AvgIpc) is 2.90. The Bertz CT molecular complexity index is 1330. The zero-order chi connectivity index (χ0) is 27.1. The fourth-order valence-electron chi connectivity index (χ4n) is 6.66. The van der Waals surface area contributed by atoms with Crippen LogP contribution in [-0.2, 0) is 10.2 Å². The molecule has 0 N–H and O–H groups in total. The van der Waals surface area contributed by atoms with Crippen molar-refractivity contribution in [3.8, 4) is 5.75 Å². The number of para-hydroxylation sites is 1. The topological polar surface area (TPSA) is 18.5 Å². The largest absolute Gasteiger partial charge is 0.542 e. The van der Waals surface area contributed by atoms with Crippen molar-refractivity contribution >= 4 is 20.2 Å². The van der Waals surface area contributed by atoms with E-state index in [1.807, 2.05) is 7.11 Å². The first-order valence-electron chi connectivity index (χ1n) is 13.9. The number of allylic oxidation sites excluding steroid dienone is 2. The van der Waals surface area contributed by atoms with Gasteiger partial charge in [-0.25, -0.2) is 0 Å². The van der Waals surface area contributed by atoms with Gasteiger partial charge in [0.2, 0.25) is 0 Å². The van der Waals surface area contributed by atoms with Crippen LogP contribution in [-0.4, -0.2) is 21.8 Å². The van der Waals surface area contributed by atoms with Crippen LogP contribution >= 0.6 is 0 Å². The molecule has 2 aliphatic carbocycles. The van der Waals surface area contributed by atoms with Crippen molar-refractivity contribution in [3.05, 3.63) is 113 Å². The lowest BCUT2D eigenvalue weighted by atomic mass is 9.56. The Hall–Kier alpha value is -2.88. The van der Waals surface area contributed by atoms with Gasteiger partial charge in [-0.1, -0.05) is 112 Å². The van der Waals surface area contributed by atoms with Crippen molar-refractivity contribution in [2.24, 2.45) is 5.92 Å². The van der Waals surface area contributed by atoms with E-state index in [2.05, 4.69) is 119 Å². The predicted molar refractivity (Wildman–Crippen MR) is 162 cm³/mol. The second kappa shape index (κ2) is 10.4. The van der Waals surface area contributed by atoms with Gasteiger partial charge >= 0.3 is 0 Å². The van der Waals surface area contributed by atoms with Crippen molar-refractivity contribution in [1.29, 1.82) is 0 Å². The molecule has 2 nitrogen and oxygen atoms in total. The van der Waals surface area contributed by atoms with E-state index < -0.39 is 9.04 Å². The monoisotopic (exact) mass is 521 g/mol. The van der Waals surface area contributed by atoms with Gasteiger partial charge in [0.05, 0.1) is 5.60 Å². The molecule has 2 bridgehead atoms. The first-order valence-corrected chi connectivity index (χ1v) is 16.3. The summed E-state index contributed by atoms with van der Waals surface area (Å²) in [6.07, 6.45) is 2.87. The van der Waals surface area contributed by atoms with Crippen molar-refractivity contribution in [1.82, 2.24) is 0 Å². The molecule has 0 spiro atoms. The van der Waals surface area contributed by atoms with E-state index in [1.54, 1.807) is 0 Å². The summed E-state index contributed by atoms with van der Waals surface area (Å²) in [5.41, 5.74) is 8.61. The Labute approximate surface area is 231 Å². The van der Waals surface area contributed by atoms with Crippen LogP contribution in [0.1, 0.15) is 68.2 Å². The second-order valence-corrected chi connectivity index (χ2v) is 14.2. The van der Waals surface area contributed by atoms with E-state index in [4.69, 9.17) is 9.16 Å². The van der Waals surface area contributed by atoms with E-state index in [1.165, 1.54) is 39.0 Å². The van der Waals surface area contributed by atoms with Gasteiger partial charge in [-0.15, -0.1) is 0 Å². The molecule has 5 rings (SSSR count). The minimum atomic E-state index is -1.01. The van der Waals surface area contributed by atoms with Gasteiger partial charge in [0, 0.05) is 18.6 Å². The van der Waals surface area contributed by atoms with Crippen LogP contribution in [0.5, 0.6) is 5.75 Å². The highest BCUT2D eigenvalue weighted by atomic mass is 28.3. The van der Waals surface area contributed by atoms with Gasteiger partial charge in [-0.2, -0.15) is 0 Å². The summed E-state index contributed by atoms with van der Waals surface area (Å²) in [7, 11) is 0.888. The summed E-state index contributed by atoms with van der Waals surface area (Å²) in [4.78, 5) is 0. The van der Waals surface area contributed by atoms with E-state index in [0.717, 1.165) is 25.0 Å². The highest BCUT2D eigenvalue weighted by Gasteiger charge is 2.51. The molecule has 1 radical (unpaired) electrons. The first-order chi connectivity index (χ1) is 18.2. The molecule has 0 amide bonds. The standard InChI is InChI=1S/C35H41O2Si/c1-24-21-22-35(36-5)23-28(24)30(25-15-10-8-11-16-25)31(32(35)26-17-12-9-13-18-26)27-19-14-20-29(34(2,3)4)33(27)37-38(6)7/h8-20,28,30H,1,21-23H2,2-7H3. The molecule has 3 aromatic carbocycles. The van der Waals surface area contributed by atoms with E-state index in [9.17, 15) is 0 Å². The minimum absolute atomic E-state index is 0.0501. The zero-order valence-electron chi connectivity index (χ0n) is 23.8. The maximum absolute atomic E-state index is 6.84. The fraction of sp³-hybridized carbons (Fsp3) is 0.371. The number of ether oxygens (including phenoxy) is 1. The molecule has 197 valence electrons. The summed E-state index contributed by atoms with van der Waals surface area (Å²) < 4.78 is 13.4. The third-order valence-corrected chi connectivity index (χ3v) is 9.01. The van der Waals surface area contributed by atoms with Gasteiger partial charge in [0.1, 0.15) is 5.75 Å². The lowest BCUT2D eigenvalue weighted by molar-refractivity contribution is 0.000381. The molecule has 3 unspecified atom stereocenters. The molecule has 2 aliphatic rings. The van der Waals surface area contributed by atoms with Gasteiger partial charge in [0.25, 0.3) is 9.04 Å². The predicted octanol–water partition coefficient (Wildman–Crippen LogP) is 9.06. The lowest BCUT2D eigenvalue weighted by Crippen LogP contribution is -2.45. The minimum Gasteiger partial charge on any atom is -0.542 e. The van der Waals surface area contributed by atoms with Crippen LogP contribution in [0, 0.1) is 5.92 Å². The number of hydrogen-bond donors (Lipinski definition) is 0. The van der Waals surface area contributed by atoms with E-state index >= 15 is 0 Å². The maximum Gasteiger partial charge on any atom is 0.274 e. The zero-order valence-corrected chi connectivity index (χ0v) is 24.8. The lowest BCUT2D eigenvalue weighted by Gasteiger charge is -2.52. The molecule has 0 heterocycles. The summed E-state index contributed by atoms with van der Waals surface area (Å²) >= 11 is 0. The third kappa shape index (κ3) is 4.72. The molecule has 3 atom stereocenters. The van der Waals surface area contributed by atoms with Gasteiger partial charge in [0.15, 0.2) is 0 Å². The van der Waals surface area contributed by atoms with Crippen LogP contribution in [0.2, 0.25) is 13.1 Å². The van der Waals surface area contributed by atoms with Gasteiger partial charge < -0.3 is 9.16 Å². The van der Waals surface area contributed by atoms with E-state index in [0.29, 0.717) is 5.92 Å². The Morgan fingerprint density at radius 1 is 0.895 bits per heavy atom. The quantitative estimate of drug-likeness (QED) is 0.238. The molecule has 0 aliphatic heterocycles. The number of hydrogen-bond acceptors (Lipinski definition) is 2. The summed E-state index contributed by atoms with van der Waals surface area (Å²) in [6, 6.07) is 28.7. The SMILES string of the molecule is C=C1CCC2(OC)CC1C(c1ccccc1)C(c1cccc(C(C)(C)C)c1O[Si](C)C)=C2c1ccccc1. The van der Waals surface area contributed by atoms with Crippen LogP contribution in [0.4, 0.5) is 0 Å². The summed E-state index contributed by atoms with van der Waals surface area (Å²) in [5.74, 6) is 1.51. The molecular formula is C35H41O2Si. The molecule has 3 aromatic rings. The average molecular weight is 522 g/mol. The Balaban J connectivity index is 1.94. The molecule has 3 heteroatoms. The molecular weight excluding hydrogens is 480 g/mol. The molecule has 1 fully saturated rings. The normalized spacial score (nSPS) is 23.6. The maximum atomic E-state index is 6.84. The molecule has 0 aromatic heterocycles. The van der Waals surface area contributed by atoms with Crippen LogP contribution in [0.25, 0.3) is 11.1 Å². The van der Waals surface area contributed by atoms with Gasteiger partial charge in [-0.05, 0) is 71.5 Å². The van der Waals surface area contributed by atoms with Crippen LogP contribution in [0.3, 0.4) is 0 Å². The van der Waals surface area contributed by atoms with Gasteiger partial charge in [-0.3, -0.25) is 0 Å². The van der Waals surface area contributed by atoms with Crippen molar-refractivity contribution in [2.75, 3.05) is 7.11 Å². The van der Waals surface area contributed by atoms with Crippen molar-refractivity contribution < 1.29 is 9.16 Å². The number of benzene rings is 3. The second-order valence-electron chi connectivity index (χ2n) is 12.2. The Kier molecular flexibility index (Phi) is 7.28. The highest BCUT2D eigenvalue weighted by molar-refractivity contribution is 6.49. The van der Waals surface area contributed by atoms with E-state index in [-0.39, 0.29) is 16.9 Å². The smallest absolute Gasteiger partial charge is 0.274 e. The summed E-state index contributed by atoms with van der Waals surface area (Å²) in [6.45, 7) is 15.9. The molecule has 0 saturated heterocycles. The fourth-order valence-corrected chi connectivity index (χ4v) is 7.29.